The van der Waals surface area contributed by atoms with E-state index in [9.17, 15) is 18.0 Å². The maximum absolute atomic E-state index is 13.7. The highest BCUT2D eigenvalue weighted by atomic mass is 32.2. The summed E-state index contributed by atoms with van der Waals surface area (Å²) in [7, 11) is -2.63. The molecular formula is C30H30N2O5S. The molecule has 196 valence electrons. The summed E-state index contributed by atoms with van der Waals surface area (Å²) < 4.78 is 33.8. The highest BCUT2D eigenvalue weighted by molar-refractivity contribution is 7.90. The number of carbonyl (C=O) groups is 2. The molecule has 0 aliphatic carbocycles. The molecule has 4 rings (SSSR count). The van der Waals surface area contributed by atoms with Crippen LogP contribution in [-0.2, 0) is 26.0 Å². The zero-order valence-corrected chi connectivity index (χ0v) is 22.1. The monoisotopic (exact) mass is 530 g/mol. The van der Waals surface area contributed by atoms with Gasteiger partial charge in [-0.25, -0.2) is 13.1 Å². The first-order chi connectivity index (χ1) is 18.3. The van der Waals surface area contributed by atoms with Crippen molar-refractivity contribution in [1.29, 1.82) is 0 Å². The van der Waals surface area contributed by atoms with Crippen LogP contribution in [0.2, 0.25) is 0 Å². The summed E-state index contributed by atoms with van der Waals surface area (Å²) in [6, 6.07) is 28.4. The highest BCUT2D eigenvalue weighted by Crippen LogP contribution is 2.23. The number of sulfonamides is 1. The number of benzene rings is 4. The Labute approximate surface area is 223 Å². The molecule has 0 saturated carbocycles. The second kappa shape index (κ2) is 11.9. The van der Waals surface area contributed by atoms with Crippen LogP contribution in [0.15, 0.2) is 102 Å². The van der Waals surface area contributed by atoms with Gasteiger partial charge in [-0.15, -0.1) is 0 Å². The number of rotatable bonds is 10. The van der Waals surface area contributed by atoms with Gasteiger partial charge in [0, 0.05) is 12.2 Å². The van der Waals surface area contributed by atoms with Gasteiger partial charge >= 0.3 is 0 Å². The van der Waals surface area contributed by atoms with Crippen molar-refractivity contribution in [3.05, 3.63) is 103 Å². The van der Waals surface area contributed by atoms with Crippen LogP contribution in [0.3, 0.4) is 0 Å². The Morgan fingerprint density at radius 2 is 1.53 bits per heavy atom. The van der Waals surface area contributed by atoms with Gasteiger partial charge in [0.2, 0.25) is 11.8 Å². The van der Waals surface area contributed by atoms with Crippen LogP contribution < -0.4 is 14.4 Å². The largest absolute Gasteiger partial charge is 0.497 e. The second-order valence-corrected chi connectivity index (χ2v) is 10.5. The van der Waals surface area contributed by atoms with Crippen molar-refractivity contribution in [3.63, 3.8) is 0 Å². The van der Waals surface area contributed by atoms with E-state index >= 15 is 0 Å². The maximum Gasteiger partial charge on any atom is 0.264 e. The number of para-hydroxylation sites is 1. The summed E-state index contributed by atoms with van der Waals surface area (Å²) in [6.07, 6.45) is 0.532. The average molecular weight is 531 g/mol. The Morgan fingerprint density at radius 1 is 0.868 bits per heavy atom. The zero-order chi connectivity index (χ0) is 27.1. The summed E-state index contributed by atoms with van der Waals surface area (Å²) >= 11 is 0. The average Bonchev–Trinajstić information content (AvgIpc) is 2.94. The number of ether oxygens (including phenoxy) is 1. The zero-order valence-electron chi connectivity index (χ0n) is 21.3. The lowest BCUT2D eigenvalue weighted by molar-refractivity contribution is -0.132. The number of aryl methyl sites for hydroxylation is 1. The molecule has 2 amide bonds. The summed E-state index contributed by atoms with van der Waals surface area (Å²) in [5, 5.41) is 1.61. The fourth-order valence-corrected chi connectivity index (χ4v) is 5.38. The number of nitrogens with one attached hydrogen (secondary N) is 1. The van der Waals surface area contributed by atoms with E-state index in [2.05, 4.69) is 4.72 Å². The van der Waals surface area contributed by atoms with E-state index in [0.29, 0.717) is 24.4 Å². The molecule has 0 spiro atoms. The van der Waals surface area contributed by atoms with Gasteiger partial charge < -0.3 is 9.64 Å². The van der Waals surface area contributed by atoms with Crippen LogP contribution >= 0.6 is 0 Å². The Hall–Kier alpha value is -4.17. The Morgan fingerprint density at radius 3 is 2.18 bits per heavy atom. The van der Waals surface area contributed by atoms with Crippen LogP contribution in [0.4, 0.5) is 5.69 Å². The molecule has 1 N–H and O–H groups in total. The minimum Gasteiger partial charge on any atom is -0.497 e. The normalized spacial score (nSPS) is 12.1. The third kappa shape index (κ3) is 6.20. The maximum atomic E-state index is 13.7. The molecule has 38 heavy (non-hydrogen) atoms. The molecule has 0 aliphatic rings. The molecular weight excluding hydrogens is 500 g/mol. The van der Waals surface area contributed by atoms with Crippen LogP contribution in [0.1, 0.15) is 18.9 Å². The molecule has 1 unspecified atom stereocenters. The van der Waals surface area contributed by atoms with E-state index in [1.54, 1.807) is 43.5 Å². The summed E-state index contributed by atoms with van der Waals surface area (Å²) in [6.45, 7) is 2.14. The summed E-state index contributed by atoms with van der Waals surface area (Å²) in [4.78, 5) is 28.6. The number of nitrogens with zero attached hydrogens (tertiary/aromatic N) is 1. The van der Waals surface area contributed by atoms with Gasteiger partial charge in [0.15, 0.2) is 0 Å². The molecule has 0 aromatic heterocycles. The second-order valence-electron chi connectivity index (χ2n) is 8.84. The van der Waals surface area contributed by atoms with Gasteiger partial charge in [-0.05, 0) is 72.5 Å². The van der Waals surface area contributed by atoms with Crippen molar-refractivity contribution >= 4 is 38.3 Å². The summed E-state index contributed by atoms with van der Waals surface area (Å²) in [5.41, 5.74) is 1.54. The number of hydrogen-bond donors (Lipinski definition) is 1. The fourth-order valence-electron chi connectivity index (χ4n) is 4.33. The SMILES string of the molecule is CCN(C(=O)C(CCc1ccc(OC)cc1)C(=O)NS(=O)(=O)c1ccc2ccccc2c1)c1ccccc1. The van der Waals surface area contributed by atoms with Crippen molar-refractivity contribution in [1.82, 2.24) is 4.72 Å². The Balaban J connectivity index is 1.61. The Bertz CT molecular complexity index is 1520. The number of carbonyl (C=O) groups excluding carboxylic acids is 2. The first-order valence-electron chi connectivity index (χ1n) is 12.4. The van der Waals surface area contributed by atoms with Crippen molar-refractivity contribution in [2.75, 3.05) is 18.6 Å². The number of fused-ring (bicyclic) bond motifs is 1. The van der Waals surface area contributed by atoms with Crippen LogP contribution in [-0.4, -0.2) is 33.9 Å². The van der Waals surface area contributed by atoms with Crippen molar-refractivity contribution in [2.24, 2.45) is 5.92 Å². The molecule has 1 atom stereocenters. The van der Waals surface area contributed by atoms with E-state index in [1.165, 1.54) is 17.0 Å². The molecule has 0 heterocycles. The van der Waals surface area contributed by atoms with Gasteiger partial charge in [0.25, 0.3) is 10.0 Å². The first-order valence-corrected chi connectivity index (χ1v) is 13.9. The lowest BCUT2D eigenvalue weighted by Crippen LogP contribution is -2.45. The van der Waals surface area contributed by atoms with Crippen LogP contribution in [0, 0.1) is 5.92 Å². The molecule has 0 aliphatic heterocycles. The topological polar surface area (TPSA) is 92.8 Å². The van der Waals surface area contributed by atoms with Crippen molar-refractivity contribution < 1.29 is 22.7 Å². The number of amides is 2. The Kier molecular flexibility index (Phi) is 8.43. The molecule has 4 aromatic carbocycles. The predicted octanol–water partition coefficient (Wildman–Crippen LogP) is 4.96. The molecule has 0 bridgehead atoms. The van der Waals surface area contributed by atoms with E-state index in [1.807, 2.05) is 55.5 Å². The van der Waals surface area contributed by atoms with Gasteiger partial charge in [-0.2, -0.15) is 0 Å². The summed E-state index contributed by atoms with van der Waals surface area (Å²) in [5.74, 6) is -1.83. The lowest BCUT2D eigenvalue weighted by Gasteiger charge is -2.26. The smallest absolute Gasteiger partial charge is 0.264 e. The quantitative estimate of drug-likeness (QED) is 0.293. The number of hydrogen-bond acceptors (Lipinski definition) is 5. The first kappa shape index (κ1) is 26.9. The van der Waals surface area contributed by atoms with Gasteiger partial charge in [0.05, 0.1) is 12.0 Å². The molecule has 7 nitrogen and oxygen atoms in total. The molecule has 4 aromatic rings. The molecule has 8 heteroatoms. The van der Waals surface area contributed by atoms with Gasteiger partial charge in [-0.3, -0.25) is 9.59 Å². The van der Waals surface area contributed by atoms with Crippen molar-refractivity contribution in [2.45, 2.75) is 24.7 Å². The third-order valence-electron chi connectivity index (χ3n) is 6.41. The van der Waals surface area contributed by atoms with Gasteiger partial charge in [-0.1, -0.05) is 60.7 Å². The van der Waals surface area contributed by atoms with E-state index in [4.69, 9.17) is 4.74 Å². The van der Waals surface area contributed by atoms with E-state index < -0.39 is 27.8 Å². The molecule has 0 radical (unpaired) electrons. The van der Waals surface area contributed by atoms with Gasteiger partial charge in [0.1, 0.15) is 11.7 Å². The standard InChI is InChI=1S/C30H30N2O5S/c1-3-32(25-11-5-4-6-12-25)30(34)28(20-15-22-13-17-26(37-2)18-14-22)29(33)31-38(35,36)27-19-16-23-9-7-8-10-24(23)21-27/h4-14,16-19,21,28H,3,15,20H2,1-2H3,(H,31,33). The minimum atomic E-state index is -4.21. The van der Waals surface area contributed by atoms with E-state index in [0.717, 1.165) is 16.3 Å². The molecule has 0 saturated heterocycles. The fraction of sp³-hybridized carbons (Fsp3) is 0.200. The number of methoxy groups -OCH3 is 1. The minimum absolute atomic E-state index is 0.0405. The third-order valence-corrected chi connectivity index (χ3v) is 7.76. The van der Waals surface area contributed by atoms with Crippen LogP contribution in [0.5, 0.6) is 5.75 Å². The predicted molar refractivity (Wildman–Crippen MR) is 149 cm³/mol. The number of anilines is 1. The van der Waals surface area contributed by atoms with Crippen molar-refractivity contribution in [3.8, 4) is 5.75 Å². The van der Waals surface area contributed by atoms with E-state index in [-0.39, 0.29) is 11.3 Å². The van der Waals surface area contributed by atoms with Crippen LogP contribution in [0.25, 0.3) is 10.8 Å². The highest BCUT2D eigenvalue weighted by Gasteiger charge is 2.33. The lowest BCUT2D eigenvalue weighted by atomic mass is 9.97. The molecule has 0 fully saturated rings.